The summed E-state index contributed by atoms with van der Waals surface area (Å²) in [5.74, 6) is -0.610. The molecule has 1 aliphatic carbocycles. The van der Waals surface area contributed by atoms with Crippen molar-refractivity contribution in [2.75, 3.05) is 11.9 Å². The van der Waals surface area contributed by atoms with Gasteiger partial charge in [-0.25, -0.2) is 9.78 Å². The Morgan fingerprint density at radius 2 is 1.96 bits per heavy atom. The summed E-state index contributed by atoms with van der Waals surface area (Å²) in [6.07, 6.45) is 3.62. The standard InChI is InChI=1S/C20H23N3O4S/c1-3-27-19(26)13-8-10-14(11-9-13)21-17(24)12(2)28-20-22-16-7-5-4-6-15(16)18(25)23-20/h8-12H,3-7H2,1-2H3,(H,21,24)(H,22,23,25). The lowest BCUT2D eigenvalue weighted by molar-refractivity contribution is -0.115. The highest BCUT2D eigenvalue weighted by molar-refractivity contribution is 8.00. The lowest BCUT2D eigenvalue weighted by Crippen LogP contribution is -2.25. The van der Waals surface area contributed by atoms with Gasteiger partial charge in [-0.3, -0.25) is 9.59 Å². The Morgan fingerprint density at radius 3 is 2.68 bits per heavy atom. The molecule has 3 rings (SSSR count). The lowest BCUT2D eigenvalue weighted by Gasteiger charge is -2.16. The van der Waals surface area contributed by atoms with Gasteiger partial charge in [0, 0.05) is 11.3 Å². The van der Waals surface area contributed by atoms with Gasteiger partial charge in [0.1, 0.15) is 0 Å². The second-order valence-corrected chi connectivity index (χ2v) is 7.88. The van der Waals surface area contributed by atoms with E-state index in [1.54, 1.807) is 38.1 Å². The number of nitrogens with zero attached hydrogens (tertiary/aromatic N) is 1. The highest BCUT2D eigenvalue weighted by Crippen LogP contribution is 2.23. The Kier molecular flexibility index (Phi) is 6.51. The number of ether oxygens (including phenoxy) is 1. The summed E-state index contributed by atoms with van der Waals surface area (Å²) in [5.41, 5.74) is 2.53. The quantitative estimate of drug-likeness (QED) is 0.438. The Balaban J connectivity index is 1.63. The monoisotopic (exact) mass is 401 g/mol. The fraction of sp³-hybridized carbons (Fsp3) is 0.400. The van der Waals surface area contributed by atoms with E-state index >= 15 is 0 Å². The summed E-state index contributed by atoms with van der Waals surface area (Å²) in [5, 5.41) is 2.82. The summed E-state index contributed by atoms with van der Waals surface area (Å²) in [4.78, 5) is 43.7. The molecule has 7 nitrogen and oxygen atoms in total. The van der Waals surface area contributed by atoms with Gasteiger partial charge >= 0.3 is 5.97 Å². The average molecular weight is 401 g/mol. The highest BCUT2D eigenvalue weighted by atomic mass is 32.2. The van der Waals surface area contributed by atoms with Crippen LogP contribution >= 0.6 is 11.8 Å². The van der Waals surface area contributed by atoms with Crippen molar-refractivity contribution in [2.24, 2.45) is 0 Å². The van der Waals surface area contributed by atoms with Crippen LogP contribution in [0.1, 0.15) is 48.3 Å². The van der Waals surface area contributed by atoms with Crippen molar-refractivity contribution in [3.05, 3.63) is 51.4 Å². The van der Waals surface area contributed by atoms with Gasteiger partial charge < -0.3 is 15.0 Å². The molecule has 0 saturated carbocycles. The third-order valence-electron chi connectivity index (χ3n) is 4.49. The number of hydrogen-bond donors (Lipinski definition) is 2. The summed E-state index contributed by atoms with van der Waals surface area (Å²) < 4.78 is 4.94. The fourth-order valence-electron chi connectivity index (χ4n) is 3.01. The van der Waals surface area contributed by atoms with Gasteiger partial charge in [0.25, 0.3) is 5.56 Å². The van der Waals surface area contributed by atoms with E-state index in [2.05, 4.69) is 15.3 Å². The van der Waals surface area contributed by atoms with Gasteiger partial charge in [-0.2, -0.15) is 0 Å². The topological polar surface area (TPSA) is 101 Å². The third-order valence-corrected chi connectivity index (χ3v) is 5.48. The maximum absolute atomic E-state index is 12.5. The zero-order chi connectivity index (χ0) is 20.1. The minimum absolute atomic E-state index is 0.102. The van der Waals surface area contributed by atoms with Crippen molar-refractivity contribution < 1.29 is 14.3 Å². The number of rotatable bonds is 6. The van der Waals surface area contributed by atoms with Crippen molar-refractivity contribution >= 4 is 29.3 Å². The van der Waals surface area contributed by atoms with Crippen LogP contribution in [0, 0.1) is 0 Å². The molecule has 1 aliphatic rings. The van der Waals surface area contributed by atoms with Crippen LogP contribution in [0.2, 0.25) is 0 Å². The van der Waals surface area contributed by atoms with Crippen molar-refractivity contribution in [1.29, 1.82) is 0 Å². The number of nitrogens with one attached hydrogen (secondary N) is 2. The Morgan fingerprint density at radius 1 is 1.25 bits per heavy atom. The van der Waals surface area contributed by atoms with Crippen molar-refractivity contribution in [3.63, 3.8) is 0 Å². The number of anilines is 1. The number of fused-ring (bicyclic) bond motifs is 1. The number of carbonyl (C=O) groups is 2. The second-order valence-electron chi connectivity index (χ2n) is 6.55. The van der Waals surface area contributed by atoms with E-state index in [-0.39, 0.29) is 11.5 Å². The van der Waals surface area contributed by atoms with E-state index in [0.29, 0.717) is 23.0 Å². The van der Waals surface area contributed by atoms with Gasteiger partial charge in [-0.15, -0.1) is 0 Å². The zero-order valence-electron chi connectivity index (χ0n) is 15.9. The molecule has 1 aromatic carbocycles. The first-order valence-corrected chi connectivity index (χ1v) is 10.2. The Labute approximate surface area is 167 Å². The van der Waals surface area contributed by atoms with E-state index in [1.807, 2.05) is 0 Å². The SMILES string of the molecule is CCOC(=O)c1ccc(NC(=O)C(C)Sc2nc3c(c(=O)[nH]2)CCCC3)cc1. The maximum atomic E-state index is 12.5. The Bertz CT molecular complexity index is 924. The molecule has 1 aromatic heterocycles. The van der Waals surface area contributed by atoms with Crippen LogP contribution in [0.4, 0.5) is 5.69 Å². The molecule has 1 heterocycles. The molecule has 1 amide bonds. The Hall–Kier alpha value is -2.61. The number of thioether (sulfide) groups is 1. The van der Waals surface area contributed by atoms with E-state index in [9.17, 15) is 14.4 Å². The van der Waals surface area contributed by atoms with Gasteiger partial charge in [0.2, 0.25) is 5.91 Å². The van der Waals surface area contributed by atoms with Crippen LogP contribution in [-0.4, -0.2) is 33.7 Å². The molecule has 0 radical (unpaired) electrons. The third kappa shape index (κ3) is 4.81. The molecule has 0 saturated heterocycles. The van der Waals surface area contributed by atoms with E-state index in [1.165, 1.54) is 11.8 Å². The molecule has 1 unspecified atom stereocenters. The number of aromatic nitrogens is 2. The van der Waals surface area contributed by atoms with Crippen LogP contribution in [-0.2, 0) is 22.4 Å². The summed E-state index contributed by atoms with van der Waals surface area (Å²) >= 11 is 1.22. The van der Waals surface area contributed by atoms with Crippen molar-refractivity contribution in [1.82, 2.24) is 9.97 Å². The second kappa shape index (κ2) is 9.05. The number of aromatic amines is 1. The number of esters is 1. The van der Waals surface area contributed by atoms with Crippen molar-refractivity contribution in [2.45, 2.75) is 49.9 Å². The molecule has 1 atom stereocenters. The normalized spacial score (nSPS) is 14.1. The molecule has 8 heteroatoms. The van der Waals surface area contributed by atoms with Gasteiger partial charge in [0.05, 0.1) is 23.1 Å². The molecule has 2 N–H and O–H groups in total. The summed E-state index contributed by atoms with van der Waals surface area (Å²) in [6.45, 7) is 3.81. The first-order chi connectivity index (χ1) is 13.5. The number of hydrogen-bond acceptors (Lipinski definition) is 6. The molecule has 0 fully saturated rings. The number of H-pyrrole nitrogens is 1. The smallest absolute Gasteiger partial charge is 0.338 e. The minimum atomic E-state index is -0.450. The van der Waals surface area contributed by atoms with Crippen LogP contribution in [0.3, 0.4) is 0 Å². The van der Waals surface area contributed by atoms with Gasteiger partial charge in [0.15, 0.2) is 5.16 Å². The molecule has 0 aliphatic heterocycles. The summed E-state index contributed by atoms with van der Waals surface area (Å²) in [6, 6.07) is 6.52. The molecule has 0 bridgehead atoms. The molecule has 0 spiro atoms. The van der Waals surface area contributed by atoms with E-state index in [0.717, 1.165) is 36.9 Å². The van der Waals surface area contributed by atoms with Crippen LogP contribution < -0.4 is 10.9 Å². The number of benzene rings is 1. The van der Waals surface area contributed by atoms with Gasteiger partial charge in [-0.05, 0) is 63.8 Å². The zero-order valence-corrected chi connectivity index (χ0v) is 16.7. The van der Waals surface area contributed by atoms with Crippen molar-refractivity contribution in [3.8, 4) is 0 Å². The molecular weight excluding hydrogens is 378 g/mol. The predicted molar refractivity (Wildman–Crippen MR) is 108 cm³/mol. The van der Waals surface area contributed by atoms with Gasteiger partial charge in [-0.1, -0.05) is 11.8 Å². The van der Waals surface area contributed by atoms with Crippen LogP contribution in [0.25, 0.3) is 0 Å². The summed E-state index contributed by atoms with van der Waals surface area (Å²) in [7, 11) is 0. The minimum Gasteiger partial charge on any atom is -0.462 e. The predicted octanol–water partition coefficient (Wildman–Crippen LogP) is 2.94. The number of aryl methyl sites for hydroxylation is 1. The molecule has 2 aromatic rings. The largest absolute Gasteiger partial charge is 0.462 e. The first kappa shape index (κ1) is 20.1. The van der Waals surface area contributed by atoms with E-state index in [4.69, 9.17) is 4.74 Å². The fourth-order valence-corrected chi connectivity index (χ4v) is 3.82. The van der Waals surface area contributed by atoms with Crippen LogP contribution in [0.5, 0.6) is 0 Å². The van der Waals surface area contributed by atoms with Crippen LogP contribution in [0.15, 0.2) is 34.2 Å². The molecule has 148 valence electrons. The number of carbonyl (C=O) groups excluding carboxylic acids is 2. The molecular formula is C20H23N3O4S. The first-order valence-electron chi connectivity index (χ1n) is 9.34. The highest BCUT2D eigenvalue weighted by Gasteiger charge is 2.20. The lowest BCUT2D eigenvalue weighted by atomic mass is 9.97. The van der Waals surface area contributed by atoms with E-state index < -0.39 is 11.2 Å². The maximum Gasteiger partial charge on any atom is 0.338 e. The average Bonchev–Trinajstić information content (AvgIpc) is 2.68. The molecule has 28 heavy (non-hydrogen) atoms. The number of amides is 1.